The van der Waals surface area contributed by atoms with Gasteiger partial charge in [-0.05, 0) is 23.9 Å². The van der Waals surface area contributed by atoms with Gasteiger partial charge in [0.2, 0.25) is 0 Å². The van der Waals surface area contributed by atoms with Crippen LogP contribution in [0.15, 0.2) is 11.5 Å². The van der Waals surface area contributed by atoms with E-state index in [2.05, 4.69) is 5.32 Å². The molecule has 0 aromatic carbocycles. The number of hydrogen-bond donors (Lipinski definition) is 1. The van der Waals surface area contributed by atoms with E-state index < -0.39 is 9.83 Å². The summed E-state index contributed by atoms with van der Waals surface area (Å²) in [6.07, 6.45) is 1.90. The number of halogens is 1. The monoisotopic (exact) mass is 185 g/mol. The second kappa shape index (κ2) is 4.33. The van der Waals surface area contributed by atoms with E-state index in [1.807, 2.05) is 13.1 Å². The van der Waals surface area contributed by atoms with E-state index in [4.69, 9.17) is 0 Å². The van der Waals surface area contributed by atoms with Gasteiger partial charge in [-0.3, -0.25) is 0 Å². The molecule has 0 saturated carbocycles. The van der Waals surface area contributed by atoms with Crippen LogP contribution in [0, 0.1) is 0 Å². The molecule has 2 unspecified atom stereocenters. The van der Waals surface area contributed by atoms with Crippen molar-refractivity contribution < 1.29 is 4.21 Å². The highest BCUT2D eigenvalue weighted by Crippen LogP contribution is 2.22. The highest BCUT2D eigenvalue weighted by Gasteiger charge is 2.11. The molecule has 0 aromatic heterocycles. The fraction of sp³-hybridized carbons (Fsp3) is 0.500. The lowest BCUT2D eigenvalue weighted by atomic mass is 10.6. The Balaban J connectivity index is 0.000000640. The van der Waals surface area contributed by atoms with E-state index in [0.29, 0.717) is 0 Å². The highest BCUT2D eigenvalue weighted by atomic mass is 35.5. The van der Waals surface area contributed by atoms with Gasteiger partial charge in [0.25, 0.3) is 0 Å². The van der Waals surface area contributed by atoms with E-state index in [9.17, 15) is 4.21 Å². The van der Waals surface area contributed by atoms with Gasteiger partial charge in [0.15, 0.2) is 0 Å². The van der Waals surface area contributed by atoms with Gasteiger partial charge < -0.3 is 5.32 Å². The van der Waals surface area contributed by atoms with Gasteiger partial charge >= 0.3 is 0 Å². The number of likely N-dealkylation sites (N-methyl/N-ethyl adjacent to an activating group) is 1. The molecule has 0 saturated heterocycles. The van der Waals surface area contributed by atoms with Gasteiger partial charge in [0.1, 0.15) is 9.83 Å². The molecule has 54 valence electrons. The molecule has 0 aliphatic carbocycles. The van der Waals surface area contributed by atoms with Crippen molar-refractivity contribution in [2.24, 2.45) is 0 Å². The molecule has 5 heteroatoms. The molecule has 0 bridgehead atoms. The zero-order valence-corrected chi connectivity index (χ0v) is 7.31. The van der Waals surface area contributed by atoms with Crippen molar-refractivity contribution in [1.82, 2.24) is 5.32 Å². The second-order valence-corrected chi connectivity index (χ2v) is 4.45. The van der Waals surface area contributed by atoms with Gasteiger partial charge in [-0.2, -0.15) is 0 Å². The van der Waals surface area contributed by atoms with Crippen LogP contribution >= 0.6 is 23.2 Å². The summed E-state index contributed by atoms with van der Waals surface area (Å²) in [5, 5.41) is 4.94. The fourth-order valence-electron chi connectivity index (χ4n) is 0.446. The number of nitrogens with one attached hydrogen (secondary N) is 1. The van der Waals surface area contributed by atoms with Crippen LogP contribution in [0.4, 0.5) is 0 Å². The van der Waals surface area contributed by atoms with Crippen LogP contribution in [0.2, 0.25) is 0 Å². The minimum Gasteiger partial charge on any atom is -0.304 e. The van der Waals surface area contributed by atoms with Crippen molar-refractivity contribution in [1.29, 1.82) is 0 Å². The molecular formula is C4H8ClNOS2. The Kier molecular flexibility index (Phi) is 4.56. The van der Waals surface area contributed by atoms with Crippen LogP contribution in [0.3, 0.4) is 0 Å². The maximum atomic E-state index is 10.6. The molecule has 0 aromatic rings. The smallest absolute Gasteiger partial charge is 0.107 e. The van der Waals surface area contributed by atoms with Gasteiger partial charge in [-0.15, -0.1) is 12.4 Å². The van der Waals surface area contributed by atoms with Crippen LogP contribution in [-0.2, 0) is 9.83 Å². The van der Waals surface area contributed by atoms with Crippen molar-refractivity contribution in [3.05, 3.63) is 11.5 Å². The predicted octanol–water partition coefficient (Wildman–Crippen LogP) is 0.878. The van der Waals surface area contributed by atoms with Crippen LogP contribution in [0.25, 0.3) is 0 Å². The molecule has 0 fully saturated rings. The molecule has 1 N–H and O–H groups in total. The highest BCUT2D eigenvalue weighted by molar-refractivity contribution is 8.70. The normalized spacial score (nSPS) is 32.1. The lowest BCUT2D eigenvalue weighted by Gasteiger charge is -1.99. The third-order valence-electron chi connectivity index (χ3n) is 0.847. The van der Waals surface area contributed by atoms with Crippen LogP contribution in [0.5, 0.6) is 0 Å². The summed E-state index contributed by atoms with van der Waals surface area (Å²) < 4.78 is 10.6. The molecule has 9 heavy (non-hydrogen) atoms. The predicted molar refractivity (Wildman–Crippen MR) is 45.0 cm³/mol. The summed E-state index contributed by atoms with van der Waals surface area (Å²) in [5.74, 6) is 0. The Morgan fingerprint density at radius 3 is 2.67 bits per heavy atom. The summed E-state index contributed by atoms with van der Waals surface area (Å²) in [6.45, 7) is 0. The average Bonchev–Trinajstić information content (AvgIpc) is 2.14. The molecule has 0 spiro atoms. The SMILES string of the molecule is CNC1C=CS(=O)S1.Cl. The third-order valence-corrected chi connectivity index (χ3v) is 3.54. The van der Waals surface area contributed by atoms with E-state index in [-0.39, 0.29) is 17.8 Å². The molecule has 0 radical (unpaired) electrons. The summed E-state index contributed by atoms with van der Waals surface area (Å²) in [6, 6.07) is 0. The Morgan fingerprint density at radius 1 is 1.78 bits per heavy atom. The largest absolute Gasteiger partial charge is 0.304 e. The third kappa shape index (κ3) is 2.71. The van der Waals surface area contributed by atoms with Gasteiger partial charge in [0.05, 0.1) is 5.37 Å². The molecule has 2 nitrogen and oxygen atoms in total. The van der Waals surface area contributed by atoms with Crippen LogP contribution < -0.4 is 5.32 Å². The maximum Gasteiger partial charge on any atom is 0.107 e. The van der Waals surface area contributed by atoms with E-state index in [1.165, 1.54) is 10.8 Å². The lowest BCUT2D eigenvalue weighted by molar-refractivity contribution is 0.696. The molecule has 0 amide bonds. The summed E-state index contributed by atoms with van der Waals surface area (Å²) in [4.78, 5) is 0. The van der Waals surface area contributed by atoms with Crippen molar-refractivity contribution in [3.8, 4) is 0 Å². The van der Waals surface area contributed by atoms with E-state index in [0.717, 1.165) is 0 Å². The number of hydrogen-bond acceptors (Lipinski definition) is 3. The van der Waals surface area contributed by atoms with Crippen LogP contribution in [-0.4, -0.2) is 16.6 Å². The summed E-state index contributed by atoms with van der Waals surface area (Å²) in [5.41, 5.74) is 0. The second-order valence-electron chi connectivity index (χ2n) is 1.39. The zero-order chi connectivity index (χ0) is 5.98. The summed E-state index contributed by atoms with van der Waals surface area (Å²) in [7, 11) is 2.49. The first kappa shape index (κ1) is 9.49. The number of rotatable bonds is 1. The Bertz CT molecular complexity index is 139. The van der Waals surface area contributed by atoms with Crippen molar-refractivity contribution in [2.75, 3.05) is 7.05 Å². The Hall–Kier alpha value is 0.490. The molecule has 1 aliphatic rings. The fourth-order valence-corrected chi connectivity index (χ4v) is 2.82. The van der Waals surface area contributed by atoms with E-state index in [1.54, 1.807) is 5.41 Å². The van der Waals surface area contributed by atoms with Crippen LogP contribution in [0.1, 0.15) is 0 Å². The standard InChI is InChI=1S/C4H7NOS2.ClH/c1-5-4-2-3-8(6)7-4;/h2-5H,1H3;1H. The van der Waals surface area contributed by atoms with Crippen molar-refractivity contribution in [3.63, 3.8) is 0 Å². The van der Waals surface area contributed by atoms with Gasteiger partial charge in [-0.25, -0.2) is 4.21 Å². The molecular weight excluding hydrogens is 178 g/mol. The Morgan fingerprint density at radius 2 is 2.44 bits per heavy atom. The van der Waals surface area contributed by atoms with Crippen molar-refractivity contribution in [2.45, 2.75) is 5.37 Å². The lowest BCUT2D eigenvalue weighted by Crippen LogP contribution is -2.15. The average molecular weight is 186 g/mol. The minimum atomic E-state index is -0.779. The molecule has 2 atom stereocenters. The molecule has 1 heterocycles. The first-order valence-corrected chi connectivity index (χ1v) is 4.87. The van der Waals surface area contributed by atoms with Gasteiger partial charge in [-0.1, -0.05) is 0 Å². The zero-order valence-electron chi connectivity index (χ0n) is 4.87. The summed E-state index contributed by atoms with van der Waals surface area (Å²) >= 11 is 0. The van der Waals surface area contributed by atoms with Gasteiger partial charge in [0, 0.05) is 5.41 Å². The maximum absolute atomic E-state index is 10.6. The molecule has 1 aliphatic heterocycles. The first-order valence-electron chi connectivity index (χ1n) is 2.26. The minimum absolute atomic E-state index is 0. The quantitative estimate of drug-likeness (QED) is 0.615. The Labute approximate surface area is 66.7 Å². The van der Waals surface area contributed by atoms with E-state index >= 15 is 0 Å². The van der Waals surface area contributed by atoms with Crippen molar-refractivity contribution >= 4 is 33.0 Å². The molecule has 1 rings (SSSR count). The topological polar surface area (TPSA) is 29.1 Å². The first-order chi connectivity index (χ1) is 3.83.